The molecule has 0 radical (unpaired) electrons. The van der Waals surface area contributed by atoms with Crippen LogP contribution < -0.4 is 10.2 Å². The third-order valence-electron chi connectivity index (χ3n) is 4.00. The van der Waals surface area contributed by atoms with E-state index in [9.17, 15) is 0 Å². The Balaban J connectivity index is 1.85. The molecule has 2 atom stereocenters. The van der Waals surface area contributed by atoms with Crippen LogP contribution in [0.25, 0.3) is 0 Å². The second-order valence-electron chi connectivity index (χ2n) is 5.77. The number of nitrogens with zero attached hydrogens (tertiary/aromatic N) is 1. The van der Waals surface area contributed by atoms with E-state index in [1.807, 2.05) is 0 Å². The molecule has 1 N–H and O–H groups in total. The van der Waals surface area contributed by atoms with Gasteiger partial charge in [0, 0.05) is 25.8 Å². The lowest BCUT2D eigenvalue weighted by Gasteiger charge is -2.22. The summed E-state index contributed by atoms with van der Waals surface area (Å²) in [6, 6.07) is 9.28. The molecule has 104 valence electrons. The van der Waals surface area contributed by atoms with Gasteiger partial charge < -0.3 is 10.2 Å². The molecule has 0 fully saturated rings. The van der Waals surface area contributed by atoms with E-state index in [4.69, 9.17) is 0 Å². The van der Waals surface area contributed by atoms with Gasteiger partial charge in [0.1, 0.15) is 0 Å². The first-order chi connectivity index (χ1) is 9.16. The summed E-state index contributed by atoms with van der Waals surface area (Å²) in [6.45, 7) is 3.38. The van der Waals surface area contributed by atoms with Gasteiger partial charge in [-0.05, 0) is 56.3 Å². The molecule has 1 aliphatic rings. The van der Waals surface area contributed by atoms with Gasteiger partial charge in [-0.3, -0.25) is 0 Å². The summed E-state index contributed by atoms with van der Waals surface area (Å²) >= 11 is 0. The fourth-order valence-electron chi connectivity index (χ4n) is 2.56. The molecule has 2 heteroatoms. The van der Waals surface area contributed by atoms with Gasteiger partial charge in [-0.15, -0.1) is 0 Å². The molecular weight excluding hydrogens is 232 g/mol. The van der Waals surface area contributed by atoms with E-state index in [1.54, 1.807) is 0 Å². The molecule has 0 amide bonds. The Morgan fingerprint density at radius 1 is 1.21 bits per heavy atom. The molecule has 0 aromatic heterocycles. The zero-order valence-corrected chi connectivity index (χ0v) is 12.4. The van der Waals surface area contributed by atoms with Crippen molar-refractivity contribution >= 4 is 5.69 Å². The van der Waals surface area contributed by atoms with Crippen LogP contribution in [-0.2, 0) is 0 Å². The Hall–Kier alpha value is -1.28. The van der Waals surface area contributed by atoms with E-state index >= 15 is 0 Å². The van der Waals surface area contributed by atoms with Crippen molar-refractivity contribution in [2.45, 2.75) is 32.2 Å². The monoisotopic (exact) mass is 258 g/mol. The van der Waals surface area contributed by atoms with E-state index in [0.29, 0.717) is 6.04 Å². The van der Waals surface area contributed by atoms with E-state index in [0.717, 1.165) is 12.5 Å². The summed E-state index contributed by atoms with van der Waals surface area (Å²) in [5.41, 5.74) is 2.63. The van der Waals surface area contributed by atoms with Crippen LogP contribution in [0.15, 0.2) is 36.4 Å². The van der Waals surface area contributed by atoms with Crippen LogP contribution in [0.3, 0.4) is 0 Å². The van der Waals surface area contributed by atoms with E-state index in [-0.39, 0.29) is 0 Å². The van der Waals surface area contributed by atoms with Crippen molar-refractivity contribution in [3.05, 3.63) is 42.0 Å². The van der Waals surface area contributed by atoms with Gasteiger partial charge in [-0.2, -0.15) is 0 Å². The number of nitrogens with one attached hydrogen (secondary N) is 1. The van der Waals surface area contributed by atoms with Gasteiger partial charge in [-0.1, -0.05) is 24.3 Å². The van der Waals surface area contributed by atoms with E-state index < -0.39 is 0 Å². The predicted molar refractivity (Wildman–Crippen MR) is 83.7 cm³/mol. The first-order valence-corrected chi connectivity index (χ1v) is 7.32. The quantitative estimate of drug-likeness (QED) is 0.809. The lowest BCUT2D eigenvalue weighted by molar-refractivity contribution is 0.415. The second-order valence-corrected chi connectivity index (χ2v) is 5.77. The number of rotatable bonds is 5. The predicted octanol–water partition coefficient (Wildman–Crippen LogP) is 3.76. The van der Waals surface area contributed by atoms with Gasteiger partial charge in [-0.25, -0.2) is 0 Å². The number of anilines is 1. The number of benzene rings is 1. The number of allylic oxidation sites excluding steroid dienone is 2. The Bertz CT molecular complexity index is 406. The van der Waals surface area contributed by atoms with Gasteiger partial charge in [0.05, 0.1) is 0 Å². The summed E-state index contributed by atoms with van der Waals surface area (Å²) in [7, 11) is 4.15. The summed E-state index contributed by atoms with van der Waals surface area (Å²) in [6.07, 6.45) is 8.44. The fourth-order valence-corrected chi connectivity index (χ4v) is 2.56. The minimum atomic E-state index is 0.433. The van der Waals surface area contributed by atoms with Crippen LogP contribution >= 0.6 is 0 Å². The van der Waals surface area contributed by atoms with Gasteiger partial charge in [0.2, 0.25) is 0 Å². The molecule has 2 rings (SSSR count). The van der Waals surface area contributed by atoms with Crippen molar-refractivity contribution in [1.29, 1.82) is 0 Å². The Labute approximate surface area is 117 Å². The summed E-state index contributed by atoms with van der Waals surface area (Å²) in [5, 5.41) is 3.67. The summed E-state index contributed by atoms with van der Waals surface area (Å²) in [4.78, 5) is 2.14. The first-order valence-electron chi connectivity index (χ1n) is 7.32. The third kappa shape index (κ3) is 4.10. The SMILES string of the molecule is CC(NCC1CC=CCC1)c1ccc(N(C)C)cc1. The molecule has 1 aromatic rings. The van der Waals surface area contributed by atoms with E-state index in [1.165, 1.54) is 30.5 Å². The van der Waals surface area contributed by atoms with Crippen LogP contribution in [0.1, 0.15) is 37.8 Å². The van der Waals surface area contributed by atoms with Crippen molar-refractivity contribution in [2.75, 3.05) is 25.5 Å². The van der Waals surface area contributed by atoms with Crippen LogP contribution in [-0.4, -0.2) is 20.6 Å². The zero-order valence-electron chi connectivity index (χ0n) is 12.4. The normalized spacial score (nSPS) is 20.3. The molecule has 0 heterocycles. The van der Waals surface area contributed by atoms with Crippen LogP contribution in [0.2, 0.25) is 0 Å². The Morgan fingerprint density at radius 2 is 1.95 bits per heavy atom. The second kappa shape index (κ2) is 6.76. The highest BCUT2D eigenvalue weighted by Gasteiger charge is 2.12. The van der Waals surface area contributed by atoms with Crippen molar-refractivity contribution in [3.63, 3.8) is 0 Å². The summed E-state index contributed by atoms with van der Waals surface area (Å²) < 4.78 is 0. The maximum absolute atomic E-state index is 3.67. The van der Waals surface area contributed by atoms with Crippen LogP contribution in [0, 0.1) is 5.92 Å². The molecule has 0 aliphatic heterocycles. The Kier molecular flexibility index (Phi) is 5.03. The van der Waals surface area contributed by atoms with Crippen molar-refractivity contribution < 1.29 is 0 Å². The van der Waals surface area contributed by atoms with Crippen molar-refractivity contribution in [2.24, 2.45) is 5.92 Å². The first kappa shape index (κ1) is 14.1. The molecular formula is C17H26N2. The maximum atomic E-state index is 3.67. The molecule has 2 nitrogen and oxygen atoms in total. The van der Waals surface area contributed by atoms with E-state index in [2.05, 4.69) is 67.7 Å². The highest BCUT2D eigenvalue weighted by Crippen LogP contribution is 2.20. The lowest BCUT2D eigenvalue weighted by Crippen LogP contribution is -2.26. The van der Waals surface area contributed by atoms with Gasteiger partial charge >= 0.3 is 0 Å². The molecule has 1 aliphatic carbocycles. The minimum Gasteiger partial charge on any atom is -0.378 e. The molecule has 0 saturated heterocycles. The molecule has 19 heavy (non-hydrogen) atoms. The molecule has 2 unspecified atom stereocenters. The average Bonchev–Trinajstić information content (AvgIpc) is 2.46. The van der Waals surface area contributed by atoms with Gasteiger partial charge in [0.25, 0.3) is 0 Å². The lowest BCUT2D eigenvalue weighted by atomic mass is 9.94. The highest BCUT2D eigenvalue weighted by atomic mass is 15.1. The Morgan fingerprint density at radius 3 is 2.53 bits per heavy atom. The molecule has 1 aromatic carbocycles. The minimum absolute atomic E-state index is 0.433. The number of hydrogen-bond donors (Lipinski definition) is 1. The smallest absolute Gasteiger partial charge is 0.0361 e. The summed E-state index contributed by atoms with van der Waals surface area (Å²) in [5.74, 6) is 0.813. The molecule has 0 bridgehead atoms. The third-order valence-corrected chi connectivity index (χ3v) is 4.00. The van der Waals surface area contributed by atoms with Crippen molar-refractivity contribution in [1.82, 2.24) is 5.32 Å². The highest BCUT2D eigenvalue weighted by molar-refractivity contribution is 5.46. The topological polar surface area (TPSA) is 15.3 Å². The molecule has 0 spiro atoms. The van der Waals surface area contributed by atoms with Crippen LogP contribution in [0.5, 0.6) is 0 Å². The van der Waals surface area contributed by atoms with Crippen molar-refractivity contribution in [3.8, 4) is 0 Å². The van der Waals surface area contributed by atoms with Gasteiger partial charge in [0.15, 0.2) is 0 Å². The van der Waals surface area contributed by atoms with Crippen LogP contribution in [0.4, 0.5) is 5.69 Å². The number of hydrogen-bond acceptors (Lipinski definition) is 2. The average molecular weight is 258 g/mol. The zero-order chi connectivity index (χ0) is 13.7. The maximum Gasteiger partial charge on any atom is 0.0361 e. The fraction of sp³-hybridized carbons (Fsp3) is 0.529. The molecule has 0 saturated carbocycles. The standard InChI is InChI=1S/C17H26N2/c1-14(18-13-15-7-5-4-6-8-15)16-9-11-17(12-10-16)19(2)3/h4-5,9-12,14-15,18H,6-8,13H2,1-3H3. The largest absolute Gasteiger partial charge is 0.378 e.